The molecule has 0 aromatic carbocycles. The van der Waals surface area contributed by atoms with E-state index in [9.17, 15) is 9.59 Å². The van der Waals surface area contributed by atoms with E-state index in [1.165, 1.54) is 4.90 Å². The number of nitrogens with two attached hydrogens (primary N) is 1. The minimum absolute atomic E-state index is 0.0933. The second-order valence-corrected chi connectivity index (χ2v) is 3.87. The van der Waals surface area contributed by atoms with Gasteiger partial charge in [0.1, 0.15) is 0 Å². The van der Waals surface area contributed by atoms with Crippen LogP contribution in [-0.2, 0) is 9.59 Å². The van der Waals surface area contributed by atoms with Crippen LogP contribution in [0.3, 0.4) is 0 Å². The molecule has 13 heavy (non-hydrogen) atoms. The highest BCUT2D eigenvalue weighted by Crippen LogP contribution is 2.12. The van der Waals surface area contributed by atoms with E-state index in [0.717, 1.165) is 0 Å². The van der Waals surface area contributed by atoms with Crippen molar-refractivity contribution in [2.24, 2.45) is 11.7 Å². The van der Waals surface area contributed by atoms with Crippen molar-refractivity contribution in [3.8, 4) is 0 Å². The van der Waals surface area contributed by atoms with E-state index in [4.69, 9.17) is 5.73 Å². The summed E-state index contributed by atoms with van der Waals surface area (Å²) in [5, 5.41) is 0. The highest BCUT2D eigenvalue weighted by atomic mass is 16.2. The van der Waals surface area contributed by atoms with Crippen LogP contribution in [0.15, 0.2) is 0 Å². The van der Waals surface area contributed by atoms with Crippen LogP contribution in [0, 0.1) is 5.92 Å². The van der Waals surface area contributed by atoms with Gasteiger partial charge in [0.05, 0.1) is 6.04 Å². The standard InChI is InChI=1S/C9H16N2O2/c1-6(2)5-7(10)9(13)11-4-3-8(11)12/h6-7H,3-5,10H2,1-2H3/t7-/m0/s1. The van der Waals surface area contributed by atoms with Crippen molar-refractivity contribution in [1.82, 2.24) is 4.90 Å². The van der Waals surface area contributed by atoms with Crippen LogP contribution >= 0.6 is 0 Å². The lowest BCUT2D eigenvalue weighted by Gasteiger charge is -2.31. The van der Waals surface area contributed by atoms with Crippen molar-refractivity contribution in [2.45, 2.75) is 32.7 Å². The Kier molecular flexibility index (Phi) is 3.03. The third kappa shape index (κ3) is 2.28. The average molecular weight is 184 g/mol. The largest absolute Gasteiger partial charge is 0.320 e. The Bertz CT molecular complexity index is 226. The molecule has 2 N–H and O–H groups in total. The average Bonchev–Trinajstić information content (AvgIpc) is 2.00. The van der Waals surface area contributed by atoms with Crippen molar-refractivity contribution in [3.05, 3.63) is 0 Å². The van der Waals surface area contributed by atoms with Gasteiger partial charge in [-0.2, -0.15) is 0 Å². The van der Waals surface area contributed by atoms with Gasteiger partial charge in [-0.1, -0.05) is 13.8 Å². The Morgan fingerprint density at radius 1 is 1.62 bits per heavy atom. The van der Waals surface area contributed by atoms with Crippen LogP contribution in [0.1, 0.15) is 26.7 Å². The molecule has 0 unspecified atom stereocenters. The number of amides is 2. The van der Waals surface area contributed by atoms with Crippen molar-refractivity contribution >= 4 is 11.8 Å². The zero-order valence-corrected chi connectivity index (χ0v) is 8.12. The Hall–Kier alpha value is -0.900. The summed E-state index contributed by atoms with van der Waals surface area (Å²) in [5.74, 6) is 0.0736. The lowest BCUT2D eigenvalue weighted by Crippen LogP contribution is -2.53. The van der Waals surface area contributed by atoms with Gasteiger partial charge in [-0.3, -0.25) is 14.5 Å². The van der Waals surface area contributed by atoms with Crippen LogP contribution in [0.5, 0.6) is 0 Å². The third-order valence-electron chi connectivity index (χ3n) is 2.16. The predicted molar refractivity (Wildman–Crippen MR) is 48.8 cm³/mol. The number of β-lactam (4-membered cyclic amide) rings is 1. The normalized spacial score (nSPS) is 18.8. The molecule has 1 heterocycles. The second kappa shape index (κ2) is 3.87. The summed E-state index contributed by atoms with van der Waals surface area (Å²) in [6, 6.07) is -0.510. The first-order valence-corrected chi connectivity index (χ1v) is 4.62. The number of likely N-dealkylation sites (tertiary alicyclic amines) is 1. The molecule has 1 atom stereocenters. The maximum absolute atomic E-state index is 11.5. The molecule has 0 saturated carbocycles. The predicted octanol–water partition coefficient (Wildman–Crippen LogP) is 0.119. The first-order valence-electron chi connectivity index (χ1n) is 4.62. The summed E-state index contributed by atoms with van der Waals surface area (Å²) in [6.07, 6.45) is 1.13. The van der Waals surface area contributed by atoms with Gasteiger partial charge in [-0.15, -0.1) is 0 Å². The van der Waals surface area contributed by atoms with E-state index < -0.39 is 6.04 Å². The zero-order valence-electron chi connectivity index (χ0n) is 8.12. The summed E-state index contributed by atoms with van der Waals surface area (Å²) in [4.78, 5) is 23.6. The zero-order chi connectivity index (χ0) is 10.0. The highest BCUT2D eigenvalue weighted by Gasteiger charge is 2.32. The Labute approximate surface area is 78.1 Å². The monoisotopic (exact) mass is 184 g/mol. The van der Waals surface area contributed by atoms with E-state index in [1.54, 1.807) is 0 Å². The highest BCUT2D eigenvalue weighted by molar-refractivity contribution is 6.01. The molecule has 74 valence electrons. The molecule has 0 bridgehead atoms. The van der Waals surface area contributed by atoms with Crippen molar-refractivity contribution < 1.29 is 9.59 Å². The van der Waals surface area contributed by atoms with Gasteiger partial charge >= 0.3 is 0 Å². The molecule has 0 spiro atoms. The molecule has 2 amide bonds. The van der Waals surface area contributed by atoms with Crippen LogP contribution in [0.4, 0.5) is 0 Å². The fourth-order valence-electron chi connectivity index (χ4n) is 1.36. The van der Waals surface area contributed by atoms with Gasteiger partial charge in [0, 0.05) is 13.0 Å². The van der Waals surface area contributed by atoms with Gasteiger partial charge in [0.15, 0.2) is 0 Å². The molecule has 0 aromatic rings. The van der Waals surface area contributed by atoms with E-state index in [1.807, 2.05) is 13.8 Å². The van der Waals surface area contributed by atoms with Crippen LogP contribution < -0.4 is 5.73 Å². The van der Waals surface area contributed by atoms with Gasteiger partial charge in [0.25, 0.3) is 0 Å². The number of rotatable bonds is 3. The first-order chi connectivity index (χ1) is 6.02. The summed E-state index contributed by atoms with van der Waals surface area (Å²) < 4.78 is 0. The molecule has 0 radical (unpaired) electrons. The Balaban J connectivity index is 2.42. The van der Waals surface area contributed by atoms with Crippen LogP contribution in [0.2, 0.25) is 0 Å². The molecule has 0 aliphatic carbocycles. The molecule has 1 aliphatic heterocycles. The summed E-state index contributed by atoms with van der Waals surface area (Å²) in [6.45, 7) is 4.56. The Morgan fingerprint density at radius 2 is 2.23 bits per heavy atom. The quantitative estimate of drug-likeness (QED) is 0.633. The summed E-state index contributed by atoms with van der Waals surface area (Å²) in [5.41, 5.74) is 5.65. The molecule has 1 saturated heterocycles. The number of hydrogen-bond donors (Lipinski definition) is 1. The number of carbonyl (C=O) groups is 2. The summed E-state index contributed by atoms with van der Waals surface area (Å²) >= 11 is 0. The van der Waals surface area contributed by atoms with Crippen molar-refractivity contribution in [3.63, 3.8) is 0 Å². The van der Waals surface area contributed by atoms with Crippen LogP contribution in [-0.4, -0.2) is 29.3 Å². The number of nitrogens with zero attached hydrogens (tertiary/aromatic N) is 1. The van der Waals surface area contributed by atoms with Crippen LogP contribution in [0.25, 0.3) is 0 Å². The SMILES string of the molecule is CC(C)C[C@H](N)C(=O)N1CCC1=O. The Morgan fingerprint density at radius 3 is 2.54 bits per heavy atom. The van der Waals surface area contributed by atoms with E-state index >= 15 is 0 Å². The third-order valence-corrected chi connectivity index (χ3v) is 2.16. The van der Waals surface area contributed by atoms with Gasteiger partial charge in [0.2, 0.25) is 11.8 Å². The summed E-state index contributed by atoms with van der Waals surface area (Å²) in [7, 11) is 0. The molecule has 4 nitrogen and oxygen atoms in total. The fourth-order valence-corrected chi connectivity index (χ4v) is 1.36. The molecule has 1 rings (SSSR count). The van der Waals surface area contributed by atoms with E-state index in [-0.39, 0.29) is 11.8 Å². The lowest BCUT2D eigenvalue weighted by molar-refractivity contribution is -0.153. The van der Waals surface area contributed by atoms with E-state index in [2.05, 4.69) is 0 Å². The lowest BCUT2D eigenvalue weighted by atomic mass is 10.0. The molecular weight excluding hydrogens is 168 g/mol. The molecular formula is C9H16N2O2. The number of carbonyl (C=O) groups excluding carboxylic acids is 2. The topological polar surface area (TPSA) is 63.4 Å². The second-order valence-electron chi connectivity index (χ2n) is 3.87. The molecule has 1 aliphatic rings. The van der Waals surface area contributed by atoms with Gasteiger partial charge in [-0.25, -0.2) is 0 Å². The molecule has 1 fully saturated rings. The van der Waals surface area contributed by atoms with E-state index in [0.29, 0.717) is 25.3 Å². The molecule has 0 aromatic heterocycles. The minimum atomic E-state index is -0.510. The van der Waals surface area contributed by atoms with Crippen molar-refractivity contribution in [1.29, 1.82) is 0 Å². The minimum Gasteiger partial charge on any atom is -0.320 e. The van der Waals surface area contributed by atoms with Gasteiger partial charge < -0.3 is 5.73 Å². The maximum atomic E-state index is 11.5. The first kappa shape index (κ1) is 10.2. The number of imide groups is 1. The van der Waals surface area contributed by atoms with Gasteiger partial charge in [-0.05, 0) is 12.3 Å². The molecule has 4 heteroatoms. The maximum Gasteiger partial charge on any atom is 0.246 e. The smallest absolute Gasteiger partial charge is 0.246 e. The van der Waals surface area contributed by atoms with Crippen molar-refractivity contribution in [2.75, 3.05) is 6.54 Å². The fraction of sp³-hybridized carbons (Fsp3) is 0.778. The number of hydrogen-bond acceptors (Lipinski definition) is 3.